The van der Waals surface area contributed by atoms with Gasteiger partial charge in [0.15, 0.2) is 5.96 Å². The van der Waals surface area contributed by atoms with E-state index in [-0.39, 0.29) is 0 Å². The normalized spacial score (nSPS) is 17.1. The number of nitrogens with one attached hydrogen (secondary N) is 2. The highest BCUT2D eigenvalue weighted by atomic mass is 16.5. The minimum atomic E-state index is 0.499. The summed E-state index contributed by atoms with van der Waals surface area (Å²) in [6.07, 6.45) is 0.919. The Labute approximate surface area is 181 Å². The first-order valence-corrected chi connectivity index (χ1v) is 11.2. The van der Waals surface area contributed by atoms with E-state index in [1.54, 1.807) is 0 Å². The van der Waals surface area contributed by atoms with E-state index in [4.69, 9.17) is 4.74 Å². The molecule has 0 spiro atoms. The number of fused-ring (bicyclic) bond motifs is 1. The van der Waals surface area contributed by atoms with Crippen molar-refractivity contribution in [3.05, 3.63) is 42.5 Å². The smallest absolute Gasteiger partial charge is 0.191 e. The molecule has 1 aliphatic rings. The second-order valence-corrected chi connectivity index (χ2v) is 7.91. The summed E-state index contributed by atoms with van der Waals surface area (Å²) >= 11 is 0. The van der Waals surface area contributed by atoms with Crippen LogP contribution in [0.5, 0.6) is 5.75 Å². The molecule has 6 nitrogen and oxygen atoms in total. The van der Waals surface area contributed by atoms with Crippen LogP contribution >= 0.6 is 0 Å². The van der Waals surface area contributed by atoms with Gasteiger partial charge in [0.05, 0.1) is 6.61 Å². The van der Waals surface area contributed by atoms with Crippen LogP contribution in [0, 0.1) is 0 Å². The average molecular weight is 412 g/mol. The molecule has 1 unspecified atom stereocenters. The van der Waals surface area contributed by atoms with Gasteiger partial charge in [-0.05, 0) is 42.8 Å². The van der Waals surface area contributed by atoms with Crippen molar-refractivity contribution in [2.75, 3.05) is 59.5 Å². The molecule has 1 saturated heterocycles. The van der Waals surface area contributed by atoms with Crippen LogP contribution in [0.2, 0.25) is 0 Å². The molecule has 0 aromatic heterocycles. The van der Waals surface area contributed by atoms with Crippen LogP contribution in [0.1, 0.15) is 20.3 Å². The fourth-order valence-electron chi connectivity index (χ4n) is 3.84. The van der Waals surface area contributed by atoms with E-state index < -0.39 is 0 Å². The number of nitrogens with zero attached hydrogens (tertiary/aromatic N) is 3. The molecule has 164 valence electrons. The number of guanidine groups is 1. The predicted octanol–water partition coefficient (Wildman–Crippen LogP) is 2.80. The number of hydrogen-bond acceptors (Lipinski definition) is 4. The van der Waals surface area contributed by atoms with Crippen molar-refractivity contribution in [2.24, 2.45) is 4.99 Å². The summed E-state index contributed by atoms with van der Waals surface area (Å²) in [6, 6.07) is 15.1. The number of ether oxygens (including phenoxy) is 1. The first-order chi connectivity index (χ1) is 14.7. The van der Waals surface area contributed by atoms with E-state index in [1.165, 1.54) is 23.9 Å². The van der Waals surface area contributed by atoms with Gasteiger partial charge in [-0.1, -0.05) is 37.3 Å². The second-order valence-electron chi connectivity index (χ2n) is 7.91. The zero-order chi connectivity index (χ0) is 21.2. The quantitative estimate of drug-likeness (QED) is 0.378. The summed E-state index contributed by atoms with van der Waals surface area (Å²) in [5.74, 6) is 1.79. The van der Waals surface area contributed by atoms with Crippen LogP contribution in [0.3, 0.4) is 0 Å². The average Bonchev–Trinajstić information content (AvgIpc) is 2.80. The lowest BCUT2D eigenvalue weighted by Gasteiger charge is -2.37. The Kier molecular flexibility index (Phi) is 8.78. The number of piperazine rings is 1. The highest BCUT2D eigenvalue weighted by Crippen LogP contribution is 2.20. The van der Waals surface area contributed by atoms with Gasteiger partial charge in [0.25, 0.3) is 0 Å². The lowest BCUT2D eigenvalue weighted by atomic mass is 10.1. The standard InChI is InChI=1S/C24H37N5O/c1-4-28-13-15-29(16-14-28)20(2)19-27-24(25-3)26-12-7-17-30-23-11-10-21-8-5-6-9-22(21)18-23/h5-6,8-11,18,20H,4,7,12-17,19H2,1-3H3,(H2,25,26,27). The molecule has 1 atom stereocenters. The molecule has 6 heteroatoms. The lowest BCUT2D eigenvalue weighted by Crippen LogP contribution is -2.53. The van der Waals surface area contributed by atoms with Gasteiger partial charge in [-0.15, -0.1) is 0 Å². The van der Waals surface area contributed by atoms with E-state index in [0.29, 0.717) is 12.6 Å². The van der Waals surface area contributed by atoms with Crippen molar-refractivity contribution >= 4 is 16.7 Å². The maximum Gasteiger partial charge on any atom is 0.191 e. The fraction of sp³-hybridized carbons (Fsp3) is 0.542. The molecule has 1 fully saturated rings. The Bertz CT molecular complexity index is 801. The number of likely N-dealkylation sites (N-methyl/N-ethyl adjacent to an activating group) is 1. The summed E-state index contributed by atoms with van der Waals surface area (Å²) in [6.45, 7) is 12.7. The third-order valence-electron chi connectivity index (χ3n) is 5.87. The molecule has 3 rings (SSSR count). The molecule has 0 saturated carbocycles. The van der Waals surface area contributed by atoms with Gasteiger partial charge in [-0.3, -0.25) is 9.89 Å². The van der Waals surface area contributed by atoms with Crippen molar-refractivity contribution < 1.29 is 4.74 Å². The topological polar surface area (TPSA) is 52.1 Å². The molecule has 2 aromatic carbocycles. The van der Waals surface area contributed by atoms with Gasteiger partial charge in [0.2, 0.25) is 0 Å². The lowest BCUT2D eigenvalue weighted by molar-refractivity contribution is 0.107. The van der Waals surface area contributed by atoms with E-state index in [2.05, 4.69) is 75.7 Å². The van der Waals surface area contributed by atoms with E-state index >= 15 is 0 Å². The van der Waals surface area contributed by atoms with Crippen molar-refractivity contribution in [3.63, 3.8) is 0 Å². The second kappa shape index (κ2) is 11.8. The molecule has 1 heterocycles. The monoisotopic (exact) mass is 411 g/mol. The zero-order valence-corrected chi connectivity index (χ0v) is 18.7. The minimum absolute atomic E-state index is 0.499. The number of rotatable bonds is 9. The summed E-state index contributed by atoms with van der Waals surface area (Å²) in [7, 11) is 1.82. The molecule has 0 amide bonds. The third-order valence-corrected chi connectivity index (χ3v) is 5.87. The number of aliphatic imine (C=N–C) groups is 1. The van der Waals surface area contributed by atoms with Gasteiger partial charge in [0, 0.05) is 52.4 Å². The van der Waals surface area contributed by atoms with Gasteiger partial charge in [-0.25, -0.2) is 0 Å². The van der Waals surface area contributed by atoms with Gasteiger partial charge < -0.3 is 20.3 Å². The Balaban J connectivity index is 1.31. The SMILES string of the molecule is CCN1CCN(C(C)CNC(=NC)NCCCOc2ccc3ccccc3c2)CC1. The molecular formula is C24H37N5O. The van der Waals surface area contributed by atoms with E-state index in [9.17, 15) is 0 Å². The van der Waals surface area contributed by atoms with Gasteiger partial charge in [0.1, 0.15) is 5.75 Å². The third kappa shape index (κ3) is 6.61. The van der Waals surface area contributed by atoms with Gasteiger partial charge >= 0.3 is 0 Å². The van der Waals surface area contributed by atoms with Crippen LogP contribution in [0.4, 0.5) is 0 Å². The van der Waals surface area contributed by atoms with Crippen LogP contribution in [-0.2, 0) is 0 Å². The molecular weight excluding hydrogens is 374 g/mol. The molecule has 2 aromatic rings. The Morgan fingerprint density at radius 3 is 2.57 bits per heavy atom. The summed E-state index contributed by atoms with van der Waals surface area (Å²) < 4.78 is 5.91. The number of benzene rings is 2. The highest BCUT2D eigenvalue weighted by Gasteiger charge is 2.20. The molecule has 0 radical (unpaired) electrons. The molecule has 0 aliphatic carbocycles. The predicted molar refractivity (Wildman–Crippen MR) is 127 cm³/mol. The van der Waals surface area contributed by atoms with Crippen molar-refractivity contribution in [1.29, 1.82) is 0 Å². The molecule has 30 heavy (non-hydrogen) atoms. The largest absolute Gasteiger partial charge is 0.494 e. The summed E-state index contributed by atoms with van der Waals surface area (Å²) in [4.78, 5) is 9.42. The summed E-state index contributed by atoms with van der Waals surface area (Å²) in [5.41, 5.74) is 0. The van der Waals surface area contributed by atoms with Gasteiger partial charge in [-0.2, -0.15) is 0 Å². The zero-order valence-electron chi connectivity index (χ0n) is 18.7. The Morgan fingerprint density at radius 2 is 1.83 bits per heavy atom. The van der Waals surface area contributed by atoms with Crippen LogP contribution in [0.15, 0.2) is 47.5 Å². The maximum atomic E-state index is 5.91. The highest BCUT2D eigenvalue weighted by molar-refractivity contribution is 5.83. The Morgan fingerprint density at radius 1 is 1.07 bits per heavy atom. The van der Waals surface area contributed by atoms with E-state index in [0.717, 1.165) is 50.9 Å². The van der Waals surface area contributed by atoms with Crippen LogP contribution < -0.4 is 15.4 Å². The maximum absolute atomic E-state index is 5.91. The van der Waals surface area contributed by atoms with Crippen molar-refractivity contribution in [3.8, 4) is 5.75 Å². The number of hydrogen-bond donors (Lipinski definition) is 2. The van der Waals surface area contributed by atoms with Crippen LogP contribution in [-0.4, -0.2) is 81.3 Å². The molecule has 1 aliphatic heterocycles. The fourth-order valence-corrected chi connectivity index (χ4v) is 3.84. The van der Waals surface area contributed by atoms with Crippen molar-refractivity contribution in [2.45, 2.75) is 26.3 Å². The first-order valence-electron chi connectivity index (χ1n) is 11.2. The summed E-state index contributed by atoms with van der Waals surface area (Å²) in [5, 5.41) is 9.30. The Hall–Kier alpha value is -2.31. The molecule has 0 bridgehead atoms. The molecule has 2 N–H and O–H groups in total. The minimum Gasteiger partial charge on any atom is -0.494 e. The van der Waals surface area contributed by atoms with Crippen molar-refractivity contribution in [1.82, 2.24) is 20.4 Å². The first kappa shape index (κ1) is 22.4. The van der Waals surface area contributed by atoms with Crippen LogP contribution in [0.25, 0.3) is 10.8 Å². The van der Waals surface area contributed by atoms with E-state index in [1.807, 2.05) is 13.1 Å².